The number of sulfonamides is 1. The highest BCUT2D eigenvalue weighted by Crippen LogP contribution is 2.28. The van der Waals surface area contributed by atoms with E-state index in [-0.39, 0.29) is 22.2 Å². The first-order chi connectivity index (χ1) is 12.3. The monoisotopic (exact) mass is 396 g/mol. The van der Waals surface area contributed by atoms with Crippen LogP contribution in [0.25, 0.3) is 0 Å². The minimum absolute atomic E-state index is 0.0287. The summed E-state index contributed by atoms with van der Waals surface area (Å²) in [6.45, 7) is 2.11. The summed E-state index contributed by atoms with van der Waals surface area (Å²) in [6.07, 6.45) is 0.943. The van der Waals surface area contributed by atoms with E-state index in [0.717, 1.165) is 11.6 Å². The third kappa shape index (κ3) is 3.75. The molecule has 1 unspecified atom stereocenters. The molecule has 1 saturated heterocycles. The zero-order valence-corrected chi connectivity index (χ0v) is 15.6. The fraction of sp³-hybridized carbons (Fsp3) is 0.278. The van der Waals surface area contributed by atoms with Gasteiger partial charge in [-0.1, -0.05) is 29.3 Å². The van der Waals surface area contributed by atoms with Crippen molar-refractivity contribution in [3.05, 3.63) is 58.9 Å². The standard InChI is InChI=1S/C18H18ClFN2O3S/c1-12-4-7-14(8-5-12)26(24,25)22-10-2-3-17(22)18(23)21-16-9-6-13(19)11-15(16)20/h4-9,11,17H,2-3,10H2,1H3,(H,21,23). The van der Waals surface area contributed by atoms with Gasteiger partial charge in [-0.05, 0) is 50.1 Å². The van der Waals surface area contributed by atoms with Crippen LogP contribution in [0.15, 0.2) is 47.4 Å². The number of carbonyl (C=O) groups is 1. The second-order valence-corrected chi connectivity index (χ2v) is 8.53. The van der Waals surface area contributed by atoms with E-state index < -0.39 is 27.8 Å². The van der Waals surface area contributed by atoms with Crippen LogP contribution in [-0.4, -0.2) is 31.2 Å². The number of rotatable bonds is 4. The number of carbonyl (C=O) groups excluding carboxylic acids is 1. The smallest absolute Gasteiger partial charge is 0.243 e. The molecular formula is C18H18ClFN2O3S. The third-order valence-corrected chi connectivity index (χ3v) is 6.48. The average Bonchev–Trinajstić information content (AvgIpc) is 3.08. The van der Waals surface area contributed by atoms with Crippen LogP contribution < -0.4 is 5.32 Å². The normalized spacial score (nSPS) is 18.0. The molecule has 0 radical (unpaired) electrons. The van der Waals surface area contributed by atoms with Gasteiger partial charge in [-0.15, -0.1) is 0 Å². The number of hydrogen-bond acceptors (Lipinski definition) is 3. The molecule has 2 aromatic rings. The maximum absolute atomic E-state index is 13.9. The Morgan fingerprint density at radius 3 is 2.58 bits per heavy atom. The summed E-state index contributed by atoms with van der Waals surface area (Å²) in [5.74, 6) is -1.23. The third-order valence-electron chi connectivity index (χ3n) is 4.32. The first-order valence-corrected chi connectivity index (χ1v) is 9.95. The first-order valence-electron chi connectivity index (χ1n) is 8.13. The number of halogens is 2. The topological polar surface area (TPSA) is 66.5 Å². The number of anilines is 1. The SMILES string of the molecule is Cc1ccc(S(=O)(=O)N2CCCC2C(=O)Nc2ccc(Cl)cc2F)cc1. The van der Waals surface area contributed by atoms with E-state index in [4.69, 9.17) is 11.6 Å². The molecule has 2 aromatic carbocycles. The molecule has 1 aliphatic heterocycles. The zero-order valence-electron chi connectivity index (χ0n) is 14.1. The predicted octanol–water partition coefficient (Wildman–Crippen LogP) is 3.58. The molecule has 5 nitrogen and oxygen atoms in total. The van der Waals surface area contributed by atoms with Crippen LogP contribution in [0.3, 0.4) is 0 Å². The van der Waals surface area contributed by atoms with Crippen molar-refractivity contribution >= 4 is 33.2 Å². The van der Waals surface area contributed by atoms with Gasteiger partial charge in [-0.2, -0.15) is 4.31 Å². The van der Waals surface area contributed by atoms with Crippen molar-refractivity contribution in [1.82, 2.24) is 4.31 Å². The molecule has 8 heteroatoms. The maximum Gasteiger partial charge on any atom is 0.243 e. The highest BCUT2D eigenvalue weighted by atomic mass is 35.5. The van der Waals surface area contributed by atoms with Crippen molar-refractivity contribution in [2.24, 2.45) is 0 Å². The Hall–Kier alpha value is -1.96. The molecule has 0 spiro atoms. The number of benzene rings is 2. The predicted molar refractivity (Wildman–Crippen MR) is 98.1 cm³/mol. The van der Waals surface area contributed by atoms with Gasteiger partial charge < -0.3 is 5.32 Å². The highest BCUT2D eigenvalue weighted by molar-refractivity contribution is 7.89. The Morgan fingerprint density at radius 1 is 1.23 bits per heavy atom. The van der Waals surface area contributed by atoms with Gasteiger partial charge in [0.25, 0.3) is 0 Å². The van der Waals surface area contributed by atoms with Gasteiger partial charge in [-0.25, -0.2) is 12.8 Å². The minimum Gasteiger partial charge on any atom is -0.322 e. The average molecular weight is 397 g/mol. The second kappa shape index (κ2) is 7.34. The number of hydrogen-bond donors (Lipinski definition) is 1. The summed E-state index contributed by atoms with van der Waals surface area (Å²) in [5.41, 5.74) is 0.914. The molecule has 1 fully saturated rings. The molecular weight excluding hydrogens is 379 g/mol. The van der Waals surface area contributed by atoms with Crippen LogP contribution in [0.1, 0.15) is 18.4 Å². The molecule has 0 aliphatic carbocycles. The summed E-state index contributed by atoms with van der Waals surface area (Å²) < 4.78 is 40.8. The van der Waals surface area contributed by atoms with Gasteiger partial charge >= 0.3 is 0 Å². The molecule has 1 N–H and O–H groups in total. The molecule has 1 heterocycles. The van der Waals surface area contributed by atoms with E-state index in [1.165, 1.54) is 28.6 Å². The van der Waals surface area contributed by atoms with E-state index in [0.29, 0.717) is 12.8 Å². The van der Waals surface area contributed by atoms with Gasteiger partial charge in [0.1, 0.15) is 11.9 Å². The quantitative estimate of drug-likeness (QED) is 0.858. The number of nitrogens with zero attached hydrogens (tertiary/aromatic N) is 1. The lowest BCUT2D eigenvalue weighted by atomic mass is 10.2. The summed E-state index contributed by atoms with van der Waals surface area (Å²) in [7, 11) is -3.80. The van der Waals surface area contributed by atoms with Crippen LogP contribution >= 0.6 is 11.6 Å². The molecule has 0 bridgehead atoms. The Labute approximate surface area is 156 Å². The second-order valence-electron chi connectivity index (χ2n) is 6.20. The lowest BCUT2D eigenvalue weighted by molar-refractivity contribution is -0.119. The molecule has 1 amide bonds. The summed E-state index contributed by atoms with van der Waals surface area (Å²) in [6, 6.07) is 9.48. The molecule has 1 aliphatic rings. The summed E-state index contributed by atoms with van der Waals surface area (Å²) in [5, 5.41) is 2.68. The Kier molecular flexibility index (Phi) is 5.32. The van der Waals surface area contributed by atoms with E-state index in [9.17, 15) is 17.6 Å². The van der Waals surface area contributed by atoms with Gasteiger partial charge in [-0.3, -0.25) is 4.79 Å². The van der Waals surface area contributed by atoms with E-state index in [2.05, 4.69) is 5.32 Å². The lowest BCUT2D eigenvalue weighted by Gasteiger charge is -2.23. The number of amides is 1. The number of nitrogens with one attached hydrogen (secondary N) is 1. The molecule has 0 saturated carbocycles. The van der Waals surface area contributed by atoms with Crippen LogP contribution in [-0.2, 0) is 14.8 Å². The number of aryl methyl sites for hydroxylation is 1. The minimum atomic E-state index is -3.80. The van der Waals surface area contributed by atoms with Gasteiger partial charge in [0.2, 0.25) is 15.9 Å². The van der Waals surface area contributed by atoms with Gasteiger partial charge in [0.15, 0.2) is 0 Å². The Morgan fingerprint density at radius 2 is 1.92 bits per heavy atom. The van der Waals surface area contributed by atoms with Crippen molar-refractivity contribution in [3.63, 3.8) is 0 Å². The van der Waals surface area contributed by atoms with Crippen LogP contribution in [0.4, 0.5) is 10.1 Å². The first kappa shape index (κ1) is 18.8. The van der Waals surface area contributed by atoms with Crippen LogP contribution in [0.2, 0.25) is 5.02 Å². The largest absolute Gasteiger partial charge is 0.322 e. The summed E-state index contributed by atoms with van der Waals surface area (Å²) >= 11 is 5.70. The van der Waals surface area contributed by atoms with Crippen molar-refractivity contribution in [3.8, 4) is 0 Å². The van der Waals surface area contributed by atoms with Crippen LogP contribution in [0.5, 0.6) is 0 Å². The molecule has 138 valence electrons. The lowest BCUT2D eigenvalue weighted by Crippen LogP contribution is -2.43. The fourth-order valence-electron chi connectivity index (χ4n) is 2.94. The zero-order chi connectivity index (χ0) is 18.9. The molecule has 0 aromatic heterocycles. The Bertz CT molecular complexity index is 932. The van der Waals surface area contributed by atoms with E-state index in [1.807, 2.05) is 6.92 Å². The summed E-state index contributed by atoms with van der Waals surface area (Å²) in [4.78, 5) is 12.7. The van der Waals surface area contributed by atoms with E-state index in [1.54, 1.807) is 12.1 Å². The maximum atomic E-state index is 13.9. The molecule has 26 heavy (non-hydrogen) atoms. The molecule has 1 atom stereocenters. The van der Waals surface area contributed by atoms with Gasteiger partial charge in [0.05, 0.1) is 10.6 Å². The van der Waals surface area contributed by atoms with Crippen molar-refractivity contribution in [1.29, 1.82) is 0 Å². The highest BCUT2D eigenvalue weighted by Gasteiger charge is 2.39. The van der Waals surface area contributed by atoms with Crippen LogP contribution in [0, 0.1) is 12.7 Å². The van der Waals surface area contributed by atoms with E-state index >= 15 is 0 Å². The van der Waals surface area contributed by atoms with Gasteiger partial charge in [0, 0.05) is 11.6 Å². The van der Waals surface area contributed by atoms with Crippen molar-refractivity contribution in [2.45, 2.75) is 30.7 Å². The Balaban J connectivity index is 1.83. The fourth-order valence-corrected chi connectivity index (χ4v) is 4.76. The van der Waals surface area contributed by atoms with Crippen molar-refractivity contribution in [2.75, 3.05) is 11.9 Å². The van der Waals surface area contributed by atoms with Crippen molar-refractivity contribution < 1.29 is 17.6 Å². The molecule has 3 rings (SSSR count).